The topological polar surface area (TPSA) is 80.2 Å². The number of aliphatic hydroxyl groups excluding tert-OH is 1. The van der Waals surface area contributed by atoms with Crippen LogP contribution in [0.25, 0.3) is 0 Å². The Labute approximate surface area is 256 Å². The van der Waals surface area contributed by atoms with E-state index in [1.807, 2.05) is 103 Å². The summed E-state index contributed by atoms with van der Waals surface area (Å²) in [4.78, 5) is 19.4. The van der Waals surface area contributed by atoms with Gasteiger partial charge in [0.05, 0.1) is 6.61 Å². The van der Waals surface area contributed by atoms with Gasteiger partial charge in [0.15, 0.2) is 11.6 Å². The van der Waals surface area contributed by atoms with Gasteiger partial charge in [-0.25, -0.2) is 4.99 Å². The van der Waals surface area contributed by atoms with E-state index < -0.39 is 11.6 Å². The number of hydrogen-bond donors (Lipinski definition) is 2. The van der Waals surface area contributed by atoms with Crippen molar-refractivity contribution in [3.05, 3.63) is 134 Å². The monoisotopic (exact) mass is 676 g/mol. The van der Waals surface area contributed by atoms with Gasteiger partial charge in [0.1, 0.15) is 5.75 Å². The van der Waals surface area contributed by atoms with Crippen LogP contribution in [0.5, 0.6) is 5.75 Å². The Hall–Kier alpha value is -3.46. The molecule has 0 bridgehead atoms. The Morgan fingerprint density at radius 3 is 2.34 bits per heavy atom. The van der Waals surface area contributed by atoms with E-state index in [1.54, 1.807) is 0 Å². The van der Waals surface area contributed by atoms with Crippen LogP contribution in [0.1, 0.15) is 34.8 Å². The summed E-state index contributed by atoms with van der Waals surface area (Å²) in [6, 6.07) is 33.0. The molecule has 0 unspecified atom stereocenters. The van der Waals surface area contributed by atoms with Crippen molar-refractivity contribution in [1.82, 2.24) is 5.32 Å². The average molecular weight is 678 g/mol. The lowest BCUT2D eigenvalue weighted by molar-refractivity contribution is -0.129. The van der Waals surface area contributed by atoms with Crippen LogP contribution >= 0.6 is 31.9 Å². The molecule has 5 rings (SSSR count). The van der Waals surface area contributed by atoms with Crippen molar-refractivity contribution < 1.29 is 19.4 Å². The van der Waals surface area contributed by atoms with Gasteiger partial charge < -0.3 is 19.9 Å². The minimum Gasteiger partial charge on any atom is -0.494 e. The maximum absolute atomic E-state index is 14.3. The minimum absolute atomic E-state index is 0.0755. The van der Waals surface area contributed by atoms with Crippen molar-refractivity contribution >= 4 is 43.7 Å². The lowest BCUT2D eigenvalue weighted by Crippen LogP contribution is -2.49. The lowest BCUT2D eigenvalue weighted by Gasteiger charge is -2.31. The van der Waals surface area contributed by atoms with Gasteiger partial charge in [0, 0.05) is 40.5 Å². The first-order chi connectivity index (χ1) is 20.0. The van der Waals surface area contributed by atoms with Crippen molar-refractivity contribution in [2.75, 3.05) is 13.2 Å². The smallest absolute Gasteiger partial charge is 0.252 e. The zero-order valence-corrected chi connectivity index (χ0v) is 25.5. The molecule has 1 amide bonds. The molecular weight excluding hydrogens is 648 g/mol. The molecule has 0 saturated carbocycles. The van der Waals surface area contributed by atoms with Crippen molar-refractivity contribution in [2.24, 2.45) is 4.99 Å². The summed E-state index contributed by atoms with van der Waals surface area (Å²) in [5.41, 5.74) is 2.25. The molecule has 2 N–H and O–H groups in total. The number of amides is 1. The Bertz CT molecular complexity index is 1490. The molecule has 1 heterocycles. The summed E-state index contributed by atoms with van der Waals surface area (Å²) in [5, 5.41) is 12.2. The number of ether oxygens (including phenoxy) is 2. The van der Waals surface area contributed by atoms with Crippen molar-refractivity contribution in [1.29, 1.82) is 0 Å². The summed E-state index contributed by atoms with van der Waals surface area (Å²) < 4.78 is 14.1. The van der Waals surface area contributed by atoms with Crippen LogP contribution in [0, 0.1) is 0 Å². The number of carbonyl (C=O) groups excluding carboxylic acids is 1. The number of nitrogens with zero attached hydrogens (tertiary/aromatic N) is 1. The predicted octanol–water partition coefficient (Wildman–Crippen LogP) is 6.79. The number of nitrogens with one attached hydrogen (secondary N) is 1. The Balaban J connectivity index is 1.56. The van der Waals surface area contributed by atoms with Crippen LogP contribution in [-0.4, -0.2) is 35.7 Å². The quantitative estimate of drug-likeness (QED) is 0.171. The van der Waals surface area contributed by atoms with Gasteiger partial charge in [0.2, 0.25) is 5.90 Å². The molecule has 1 aliphatic rings. The van der Waals surface area contributed by atoms with E-state index in [0.717, 1.165) is 31.2 Å². The molecule has 41 heavy (non-hydrogen) atoms. The van der Waals surface area contributed by atoms with Crippen LogP contribution in [0.2, 0.25) is 0 Å². The molecule has 4 aromatic carbocycles. The van der Waals surface area contributed by atoms with Gasteiger partial charge in [-0.1, -0.05) is 92.5 Å². The fourth-order valence-corrected chi connectivity index (χ4v) is 5.47. The second-order valence-corrected chi connectivity index (χ2v) is 11.5. The molecule has 8 heteroatoms. The first-order valence-corrected chi connectivity index (χ1v) is 15.0. The highest BCUT2D eigenvalue weighted by molar-refractivity contribution is 9.10. The van der Waals surface area contributed by atoms with Crippen molar-refractivity contribution in [3.63, 3.8) is 0 Å². The molecule has 0 aliphatic carbocycles. The molecule has 2 atom stereocenters. The highest BCUT2D eigenvalue weighted by atomic mass is 79.9. The number of aliphatic imine (C=N–C) groups is 1. The predicted molar refractivity (Wildman–Crippen MR) is 167 cm³/mol. The molecule has 0 aromatic heterocycles. The number of aliphatic hydroxyl groups is 1. The van der Waals surface area contributed by atoms with Gasteiger partial charge >= 0.3 is 0 Å². The number of benzene rings is 4. The van der Waals surface area contributed by atoms with Gasteiger partial charge in [-0.05, 0) is 59.2 Å². The molecule has 0 radical (unpaired) electrons. The van der Waals surface area contributed by atoms with Crippen LogP contribution in [0.15, 0.2) is 117 Å². The Kier molecular flexibility index (Phi) is 9.54. The second kappa shape index (κ2) is 13.5. The van der Waals surface area contributed by atoms with Gasteiger partial charge in [0.25, 0.3) is 5.91 Å². The van der Waals surface area contributed by atoms with E-state index in [2.05, 4.69) is 37.2 Å². The molecule has 0 spiro atoms. The van der Waals surface area contributed by atoms with Gasteiger partial charge in [-0.15, -0.1) is 0 Å². The van der Waals surface area contributed by atoms with E-state index in [9.17, 15) is 4.79 Å². The molecular formula is C33H30Br2N2O4. The highest BCUT2D eigenvalue weighted by Gasteiger charge is 2.53. The normalized spacial score (nSPS) is 17.9. The number of rotatable bonds is 11. The van der Waals surface area contributed by atoms with E-state index in [1.165, 1.54) is 0 Å². The summed E-state index contributed by atoms with van der Waals surface area (Å²) >= 11 is 7.20. The van der Waals surface area contributed by atoms with Crippen LogP contribution in [0.4, 0.5) is 0 Å². The van der Waals surface area contributed by atoms with Crippen molar-refractivity contribution in [3.8, 4) is 5.75 Å². The zero-order valence-electron chi connectivity index (χ0n) is 22.3. The number of hydrogen-bond acceptors (Lipinski definition) is 5. The third-order valence-corrected chi connectivity index (χ3v) is 8.22. The standard InChI is InChI=1S/C33H30Br2N2O4/c34-27-15-11-24(12-16-27)30-33(21-26-9-4-5-10-29(26)35,32(39)36-22-23-7-2-1-3-8-23)37-31(41-30)25-13-17-28(18-14-25)40-20-6-19-38/h1-5,7-18,30,38H,6,19-22H2,(H,36,39)/t30-,33-/m1/s1. The van der Waals surface area contributed by atoms with Gasteiger partial charge in [-0.3, -0.25) is 4.79 Å². The minimum atomic E-state index is -1.28. The third kappa shape index (κ3) is 6.89. The zero-order chi connectivity index (χ0) is 28.7. The molecule has 4 aromatic rings. The third-order valence-electron chi connectivity index (χ3n) is 6.92. The lowest BCUT2D eigenvalue weighted by atomic mass is 9.82. The van der Waals surface area contributed by atoms with E-state index in [4.69, 9.17) is 19.6 Å². The molecule has 0 fully saturated rings. The van der Waals surface area contributed by atoms with Crippen molar-refractivity contribution in [2.45, 2.75) is 31.0 Å². The van der Waals surface area contributed by atoms with Crippen LogP contribution in [-0.2, 0) is 22.5 Å². The molecule has 6 nitrogen and oxygen atoms in total. The summed E-state index contributed by atoms with van der Waals surface area (Å²) in [6.45, 7) is 0.872. The Morgan fingerprint density at radius 2 is 1.63 bits per heavy atom. The fourth-order valence-electron chi connectivity index (χ4n) is 4.78. The first-order valence-electron chi connectivity index (χ1n) is 13.4. The second-order valence-electron chi connectivity index (χ2n) is 9.78. The SMILES string of the molecule is O=C(NCc1ccccc1)[C@]1(Cc2ccccc2Br)N=C(c2ccc(OCCCO)cc2)O[C@@H]1c1ccc(Br)cc1. The molecule has 210 valence electrons. The molecule has 0 saturated heterocycles. The van der Waals surface area contributed by atoms with Gasteiger partial charge in [-0.2, -0.15) is 0 Å². The average Bonchev–Trinajstić information content (AvgIpc) is 3.39. The van der Waals surface area contributed by atoms with Crippen LogP contribution in [0.3, 0.4) is 0 Å². The van der Waals surface area contributed by atoms with E-state index >= 15 is 0 Å². The maximum Gasteiger partial charge on any atom is 0.252 e. The summed E-state index contributed by atoms with van der Waals surface area (Å²) in [5.74, 6) is 0.857. The van der Waals surface area contributed by atoms with Crippen LogP contribution < -0.4 is 10.1 Å². The number of halogens is 2. The number of carbonyl (C=O) groups is 1. The summed E-state index contributed by atoms with van der Waals surface area (Å²) in [6.07, 6.45) is 0.206. The largest absolute Gasteiger partial charge is 0.494 e. The summed E-state index contributed by atoms with van der Waals surface area (Å²) in [7, 11) is 0. The highest BCUT2D eigenvalue weighted by Crippen LogP contribution is 2.43. The Morgan fingerprint density at radius 1 is 0.927 bits per heavy atom. The maximum atomic E-state index is 14.3. The van der Waals surface area contributed by atoms with E-state index in [0.29, 0.717) is 37.6 Å². The van der Waals surface area contributed by atoms with E-state index in [-0.39, 0.29) is 12.5 Å². The molecule has 1 aliphatic heterocycles. The fraction of sp³-hybridized carbons (Fsp3) is 0.212. The first kappa shape index (κ1) is 29.0.